The zero-order valence-corrected chi connectivity index (χ0v) is 16.5. The standard InChI is InChI=1S/C21H23NO5S/c1-13-7-15(8-13)20(23)22(16-10-26-12-27-11-16)17-9-18(28-19(17)21(24)25)14-5-3-2-4-6-14/h2-6,9,13,15-16H,7-8,10-12H2,1H3,(H,24,25). The zero-order valence-electron chi connectivity index (χ0n) is 15.7. The third-order valence-electron chi connectivity index (χ3n) is 5.34. The molecule has 1 saturated carbocycles. The maximum absolute atomic E-state index is 13.3. The third-order valence-corrected chi connectivity index (χ3v) is 6.50. The van der Waals surface area contributed by atoms with E-state index in [1.807, 2.05) is 36.4 Å². The van der Waals surface area contributed by atoms with Gasteiger partial charge in [-0.1, -0.05) is 37.3 Å². The van der Waals surface area contributed by atoms with Gasteiger partial charge in [-0.15, -0.1) is 11.3 Å². The molecule has 1 aromatic carbocycles. The van der Waals surface area contributed by atoms with E-state index in [1.165, 1.54) is 11.3 Å². The number of benzene rings is 1. The second kappa shape index (κ2) is 8.03. The summed E-state index contributed by atoms with van der Waals surface area (Å²) in [4.78, 5) is 27.9. The molecular weight excluding hydrogens is 378 g/mol. The van der Waals surface area contributed by atoms with Crippen molar-refractivity contribution in [3.05, 3.63) is 41.3 Å². The highest BCUT2D eigenvalue weighted by atomic mass is 32.1. The van der Waals surface area contributed by atoms with Crippen molar-refractivity contribution in [2.45, 2.75) is 25.8 Å². The number of nitrogens with zero attached hydrogens (tertiary/aromatic N) is 1. The number of amides is 1. The molecule has 1 amide bonds. The van der Waals surface area contributed by atoms with Gasteiger partial charge in [-0.25, -0.2) is 4.79 Å². The fraction of sp³-hybridized carbons (Fsp3) is 0.429. The van der Waals surface area contributed by atoms with Gasteiger partial charge in [0.05, 0.1) is 24.9 Å². The summed E-state index contributed by atoms with van der Waals surface area (Å²) in [5.41, 5.74) is 1.38. The Morgan fingerprint density at radius 1 is 1.14 bits per heavy atom. The van der Waals surface area contributed by atoms with Crippen molar-refractivity contribution in [1.82, 2.24) is 0 Å². The van der Waals surface area contributed by atoms with E-state index in [2.05, 4.69) is 6.92 Å². The fourth-order valence-corrected chi connectivity index (χ4v) is 4.87. The van der Waals surface area contributed by atoms with Crippen LogP contribution in [0.2, 0.25) is 0 Å². The number of carboxylic acids is 1. The van der Waals surface area contributed by atoms with E-state index >= 15 is 0 Å². The molecule has 148 valence electrons. The summed E-state index contributed by atoms with van der Waals surface area (Å²) in [7, 11) is 0. The van der Waals surface area contributed by atoms with Crippen LogP contribution in [-0.2, 0) is 14.3 Å². The zero-order chi connectivity index (χ0) is 19.7. The van der Waals surface area contributed by atoms with Crippen LogP contribution in [0.5, 0.6) is 0 Å². The number of hydrogen-bond donors (Lipinski definition) is 1. The molecule has 6 nitrogen and oxygen atoms in total. The van der Waals surface area contributed by atoms with Crippen molar-refractivity contribution in [2.24, 2.45) is 11.8 Å². The number of carbonyl (C=O) groups excluding carboxylic acids is 1. The second-order valence-corrected chi connectivity index (χ2v) is 8.54. The van der Waals surface area contributed by atoms with E-state index in [4.69, 9.17) is 9.47 Å². The first-order chi connectivity index (χ1) is 13.5. The van der Waals surface area contributed by atoms with Gasteiger partial charge in [0.15, 0.2) is 0 Å². The number of aromatic carboxylic acids is 1. The van der Waals surface area contributed by atoms with Gasteiger partial charge in [0, 0.05) is 10.8 Å². The Hall–Kier alpha value is -2.22. The van der Waals surface area contributed by atoms with Crippen LogP contribution in [-0.4, -0.2) is 43.0 Å². The Morgan fingerprint density at radius 3 is 2.43 bits per heavy atom. The topological polar surface area (TPSA) is 76.1 Å². The summed E-state index contributed by atoms with van der Waals surface area (Å²) >= 11 is 1.19. The predicted molar refractivity (Wildman–Crippen MR) is 107 cm³/mol. The van der Waals surface area contributed by atoms with Crippen molar-refractivity contribution in [1.29, 1.82) is 0 Å². The molecule has 2 aromatic rings. The molecule has 1 saturated heterocycles. The molecule has 1 aliphatic carbocycles. The van der Waals surface area contributed by atoms with E-state index in [1.54, 1.807) is 4.90 Å². The molecule has 0 spiro atoms. The average Bonchev–Trinajstić information content (AvgIpc) is 3.12. The van der Waals surface area contributed by atoms with Crippen molar-refractivity contribution < 1.29 is 24.2 Å². The molecule has 2 aliphatic rings. The monoisotopic (exact) mass is 401 g/mol. The van der Waals surface area contributed by atoms with Gasteiger partial charge in [-0.3, -0.25) is 4.79 Å². The smallest absolute Gasteiger partial charge is 0.348 e. The summed E-state index contributed by atoms with van der Waals surface area (Å²) in [5.74, 6) is -0.605. The number of rotatable bonds is 5. The number of ether oxygens (including phenoxy) is 2. The van der Waals surface area contributed by atoms with Gasteiger partial charge in [-0.2, -0.15) is 0 Å². The van der Waals surface area contributed by atoms with Crippen molar-refractivity contribution in [3.63, 3.8) is 0 Å². The third kappa shape index (κ3) is 3.70. The van der Waals surface area contributed by atoms with Crippen LogP contribution < -0.4 is 4.90 Å². The highest BCUT2D eigenvalue weighted by Crippen LogP contribution is 2.41. The first-order valence-electron chi connectivity index (χ1n) is 9.45. The number of hydrogen-bond acceptors (Lipinski definition) is 5. The molecule has 0 unspecified atom stereocenters. The molecule has 2 heterocycles. The van der Waals surface area contributed by atoms with Crippen LogP contribution in [0.25, 0.3) is 10.4 Å². The van der Waals surface area contributed by atoms with Crippen molar-refractivity contribution in [3.8, 4) is 10.4 Å². The minimum absolute atomic E-state index is 0.0305. The Morgan fingerprint density at radius 2 is 1.82 bits per heavy atom. The summed E-state index contributed by atoms with van der Waals surface area (Å²) in [6.45, 7) is 3.00. The maximum Gasteiger partial charge on any atom is 0.348 e. The van der Waals surface area contributed by atoms with Crippen LogP contribution in [0.4, 0.5) is 5.69 Å². The molecule has 1 aliphatic heterocycles. The van der Waals surface area contributed by atoms with E-state index in [9.17, 15) is 14.7 Å². The van der Waals surface area contributed by atoms with Gasteiger partial charge >= 0.3 is 5.97 Å². The van der Waals surface area contributed by atoms with Crippen molar-refractivity contribution in [2.75, 3.05) is 24.9 Å². The first-order valence-corrected chi connectivity index (χ1v) is 10.3. The van der Waals surface area contributed by atoms with Crippen LogP contribution in [0, 0.1) is 11.8 Å². The Bertz CT molecular complexity index is 853. The van der Waals surface area contributed by atoms with Crippen LogP contribution >= 0.6 is 11.3 Å². The summed E-state index contributed by atoms with van der Waals surface area (Å²) in [5, 5.41) is 9.82. The number of thiophene rings is 1. The second-order valence-electron chi connectivity index (χ2n) is 7.49. The average molecular weight is 401 g/mol. The summed E-state index contributed by atoms with van der Waals surface area (Å²) < 4.78 is 10.8. The quantitative estimate of drug-likeness (QED) is 0.823. The minimum atomic E-state index is -1.03. The molecule has 0 atom stereocenters. The van der Waals surface area contributed by atoms with Crippen LogP contribution in [0.3, 0.4) is 0 Å². The Balaban J connectivity index is 1.75. The van der Waals surface area contributed by atoms with Gasteiger partial charge in [0.1, 0.15) is 11.7 Å². The first kappa shape index (κ1) is 19.1. The lowest BCUT2D eigenvalue weighted by atomic mass is 9.75. The fourth-order valence-electron chi connectivity index (χ4n) is 3.88. The van der Waals surface area contributed by atoms with E-state index in [0.29, 0.717) is 24.8 Å². The summed E-state index contributed by atoms with van der Waals surface area (Å²) in [6.07, 6.45) is 1.67. The van der Waals surface area contributed by atoms with Gasteiger partial charge in [0.25, 0.3) is 0 Å². The van der Waals surface area contributed by atoms with Gasteiger partial charge < -0.3 is 19.5 Å². The largest absolute Gasteiger partial charge is 0.477 e. The highest BCUT2D eigenvalue weighted by molar-refractivity contribution is 7.18. The lowest BCUT2D eigenvalue weighted by molar-refractivity contribution is -0.133. The SMILES string of the molecule is CC1CC(C(=O)N(c2cc(-c3ccccc3)sc2C(=O)O)C2COCOC2)C1. The molecule has 2 fully saturated rings. The van der Waals surface area contributed by atoms with E-state index < -0.39 is 5.97 Å². The van der Waals surface area contributed by atoms with E-state index in [-0.39, 0.29) is 29.5 Å². The van der Waals surface area contributed by atoms with Gasteiger partial charge in [-0.05, 0) is 30.4 Å². The Kier molecular flexibility index (Phi) is 5.48. The molecule has 1 aromatic heterocycles. The lowest BCUT2D eigenvalue weighted by Gasteiger charge is -2.40. The van der Waals surface area contributed by atoms with Crippen LogP contribution in [0.15, 0.2) is 36.4 Å². The predicted octanol–water partition coefficient (Wildman–Crippen LogP) is 3.87. The highest BCUT2D eigenvalue weighted by Gasteiger charge is 2.40. The number of carbonyl (C=O) groups is 2. The normalized spacial score (nSPS) is 22.5. The molecular formula is C21H23NO5S. The minimum Gasteiger partial charge on any atom is -0.477 e. The lowest BCUT2D eigenvalue weighted by Crippen LogP contribution is -2.52. The molecule has 28 heavy (non-hydrogen) atoms. The molecule has 1 N–H and O–H groups in total. The van der Waals surface area contributed by atoms with Crippen LogP contribution in [0.1, 0.15) is 29.4 Å². The number of anilines is 1. The molecule has 0 radical (unpaired) electrons. The molecule has 4 rings (SSSR count). The molecule has 7 heteroatoms. The van der Waals surface area contributed by atoms with Gasteiger partial charge in [0.2, 0.25) is 5.91 Å². The van der Waals surface area contributed by atoms with E-state index in [0.717, 1.165) is 23.3 Å². The van der Waals surface area contributed by atoms with Crippen molar-refractivity contribution >= 4 is 28.9 Å². The molecule has 0 bridgehead atoms. The number of carboxylic acid groups (broad SMARTS) is 1. The Labute approximate surface area is 167 Å². The summed E-state index contributed by atoms with van der Waals surface area (Å²) in [6, 6.07) is 11.1. The maximum atomic E-state index is 13.3.